The molecule has 0 atom stereocenters. The molecule has 1 aromatic heterocycles. The zero-order valence-corrected chi connectivity index (χ0v) is 14.8. The van der Waals surface area contributed by atoms with Gasteiger partial charge in [0.05, 0.1) is 23.9 Å². The summed E-state index contributed by atoms with van der Waals surface area (Å²) in [4.78, 5) is 16.4. The highest BCUT2D eigenvalue weighted by atomic mass is 16.1. The Labute approximate surface area is 153 Å². The maximum absolute atomic E-state index is 11.9. The number of rotatable bonds is 8. The minimum Gasteiger partial charge on any atom is -0.351 e. The quantitative estimate of drug-likeness (QED) is 0.658. The van der Waals surface area contributed by atoms with Gasteiger partial charge in [0.2, 0.25) is 5.91 Å². The standard InChI is InChI=1S/C21H24N4O/c26-21(13-22-11-16-8-9-16)23-12-17-4-3-5-18(10-17)14-25-15-24-19-6-1-2-7-20(19)25/h1-7,10,15-16,22H,8-9,11-14H2,(H,23,26). The number of hydrogen-bond acceptors (Lipinski definition) is 3. The van der Waals surface area contributed by atoms with Crippen LogP contribution in [0.15, 0.2) is 54.9 Å². The maximum Gasteiger partial charge on any atom is 0.234 e. The molecule has 2 N–H and O–H groups in total. The second-order valence-corrected chi connectivity index (χ2v) is 7.03. The van der Waals surface area contributed by atoms with Crippen molar-refractivity contribution >= 4 is 16.9 Å². The van der Waals surface area contributed by atoms with E-state index in [9.17, 15) is 4.79 Å². The van der Waals surface area contributed by atoms with E-state index in [4.69, 9.17) is 0 Å². The lowest BCUT2D eigenvalue weighted by molar-refractivity contribution is -0.120. The number of nitrogens with zero attached hydrogens (tertiary/aromatic N) is 2. The molecule has 2 aromatic carbocycles. The summed E-state index contributed by atoms with van der Waals surface area (Å²) < 4.78 is 2.15. The van der Waals surface area contributed by atoms with Gasteiger partial charge in [-0.25, -0.2) is 4.98 Å². The van der Waals surface area contributed by atoms with Crippen molar-refractivity contribution in [2.75, 3.05) is 13.1 Å². The molecule has 0 aliphatic heterocycles. The van der Waals surface area contributed by atoms with Crippen LogP contribution in [0.3, 0.4) is 0 Å². The third-order valence-corrected chi connectivity index (χ3v) is 4.78. The van der Waals surface area contributed by atoms with Crippen LogP contribution in [0.2, 0.25) is 0 Å². The van der Waals surface area contributed by atoms with Crippen molar-refractivity contribution in [1.82, 2.24) is 20.2 Å². The van der Waals surface area contributed by atoms with E-state index in [0.29, 0.717) is 13.1 Å². The van der Waals surface area contributed by atoms with Crippen LogP contribution in [0.25, 0.3) is 11.0 Å². The van der Waals surface area contributed by atoms with Gasteiger partial charge < -0.3 is 15.2 Å². The first-order valence-electron chi connectivity index (χ1n) is 9.23. The number of benzene rings is 2. The summed E-state index contributed by atoms with van der Waals surface area (Å²) in [7, 11) is 0. The molecule has 4 rings (SSSR count). The van der Waals surface area contributed by atoms with Crippen molar-refractivity contribution in [3.8, 4) is 0 Å². The third kappa shape index (κ3) is 4.29. The lowest BCUT2D eigenvalue weighted by Gasteiger charge is -2.09. The minimum absolute atomic E-state index is 0.0525. The largest absolute Gasteiger partial charge is 0.351 e. The van der Waals surface area contributed by atoms with Crippen molar-refractivity contribution in [3.05, 3.63) is 66.0 Å². The average molecular weight is 348 g/mol. The third-order valence-electron chi connectivity index (χ3n) is 4.78. The lowest BCUT2D eigenvalue weighted by atomic mass is 10.1. The molecule has 1 amide bonds. The second kappa shape index (κ2) is 7.70. The van der Waals surface area contributed by atoms with E-state index in [1.807, 2.05) is 36.7 Å². The number of carbonyl (C=O) groups excluding carboxylic acids is 1. The van der Waals surface area contributed by atoms with Crippen molar-refractivity contribution < 1.29 is 4.79 Å². The van der Waals surface area contributed by atoms with Gasteiger partial charge in [0.1, 0.15) is 0 Å². The molecule has 0 saturated heterocycles. The SMILES string of the molecule is O=C(CNCC1CC1)NCc1cccc(Cn2cnc3ccccc32)c1. The highest BCUT2D eigenvalue weighted by Crippen LogP contribution is 2.27. The summed E-state index contributed by atoms with van der Waals surface area (Å²) in [6.07, 6.45) is 4.48. The van der Waals surface area contributed by atoms with Crippen LogP contribution in [0.5, 0.6) is 0 Å². The molecule has 134 valence electrons. The van der Waals surface area contributed by atoms with Crippen LogP contribution in [0, 0.1) is 5.92 Å². The maximum atomic E-state index is 11.9. The molecule has 0 spiro atoms. The molecule has 0 unspecified atom stereocenters. The summed E-state index contributed by atoms with van der Waals surface area (Å²) in [5.41, 5.74) is 4.46. The monoisotopic (exact) mass is 348 g/mol. The number of para-hydroxylation sites is 2. The molecule has 3 aromatic rings. The second-order valence-electron chi connectivity index (χ2n) is 7.03. The van der Waals surface area contributed by atoms with Gasteiger partial charge in [0.15, 0.2) is 0 Å². The molecule has 1 aliphatic carbocycles. The van der Waals surface area contributed by atoms with E-state index < -0.39 is 0 Å². The van der Waals surface area contributed by atoms with Gasteiger partial charge in [0.25, 0.3) is 0 Å². The highest BCUT2D eigenvalue weighted by molar-refractivity contribution is 5.78. The fourth-order valence-corrected chi connectivity index (χ4v) is 3.15. The smallest absolute Gasteiger partial charge is 0.234 e. The predicted octanol–water partition coefficient (Wildman–Crippen LogP) is 2.70. The Hall–Kier alpha value is -2.66. The highest BCUT2D eigenvalue weighted by Gasteiger charge is 2.20. The van der Waals surface area contributed by atoms with Gasteiger partial charge in [-0.05, 0) is 48.6 Å². The number of carbonyl (C=O) groups is 1. The summed E-state index contributed by atoms with van der Waals surface area (Å²) in [5.74, 6) is 0.843. The number of imidazole rings is 1. The van der Waals surface area contributed by atoms with E-state index in [1.54, 1.807) is 0 Å². The number of nitrogens with one attached hydrogen (secondary N) is 2. The van der Waals surface area contributed by atoms with Crippen LogP contribution >= 0.6 is 0 Å². The Kier molecular flexibility index (Phi) is 4.97. The molecular weight excluding hydrogens is 324 g/mol. The van der Waals surface area contributed by atoms with Gasteiger partial charge in [-0.1, -0.05) is 36.4 Å². The Balaban J connectivity index is 1.33. The van der Waals surface area contributed by atoms with Crippen LogP contribution in [0.4, 0.5) is 0 Å². The normalized spacial score (nSPS) is 13.8. The average Bonchev–Trinajstić information content (AvgIpc) is 3.40. The molecule has 1 fully saturated rings. The summed E-state index contributed by atoms with van der Waals surface area (Å²) >= 11 is 0. The fraction of sp³-hybridized carbons (Fsp3) is 0.333. The van der Waals surface area contributed by atoms with Gasteiger partial charge in [-0.15, -0.1) is 0 Å². The predicted molar refractivity (Wildman–Crippen MR) is 103 cm³/mol. The van der Waals surface area contributed by atoms with Gasteiger partial charge in [-0.3, -0.25) is 4.79 Å². The number of hydrogen-bond donors (Lipinski definition) is 2. The topological polar surface area (TPSA) is 59.0 Å². The van der Waals surface area contributed by atoms with Crippen molar-refractivity contribution in [1.29, 1.82) is 0 Å². The van der Waals surface area contributed by atoms with E-state index in [-0.39, 0.29) is 5.91 Å². The van der Waals surface area contributed by atoms with Crippen LogP contribution in [-0.2, 0) is 17.9 Å². The van der Waals surface area contributed by atoms with Crippen molar-refractivity contribution in [2.24, 2.45) is 5.92 Å². The summed E-state index contributed by atoms with van der Waals surface area (Å²) in [5, 5.41) is 6.21. The van der Waals surface area contributed by atoms with E-state index in [1.165, 1.54) is 18.4 Å². The molecule has 5 heteroatoms. The molecular formula is C21H24N4O. The van der Waals surface area contributed by atoms with E-state index >= 15 is 0 Å². The van der Waals surface area contributed by atoms with E-state index in [2.05, 4.69) is 38.4 Å². The lowest BCUT2D eigenvalue weighted by Crippen LogP contribution is -2.34. The van der Waals surface area contributed by atoms with Gasteiger partial charge >= 0.3 is 0 Å². The molecule has 0 radical (unpaired) electrons. The zero-order chi connectivity index (χ0) is 17.8. The molecule has 5 nitrogen and oxygen atoms in total. The number of amides is 1. The molecule has 1 saturated carbocycles. The molecule has 1 aliphatic rings. The van der Waals surface area contributed by atoms with Crippen LogP contribution in [0.1, 0.15) is 24.0 Å². The number of aromatic nitrogens is 2. The van der Waals surface area contributed by atoms with Crippen molar-refractivity contribution in [3.63, 3.8) is 0 Å². The Morgan fingerprint density at radius 1 is 1.12 bits per heavy atom. The Morgan fingerprint density at radius 3 is 2.85 bits per heavy atom. The fourth-order valence-electron chi connectivity index (χ4n) is 3.15. The summed E-state index contributed by atoms with van der Waals surface area (Å²) in [6, 6.07) is 16.5. The Bertz CT molecular complexity index is 898. The first-order valence-corrected chi connectivity index (χ1v) is 9.23. The molecule has 0 bridgehead atoms. The van der Waals surface area contributed by atoms with Gasteiger partial charge in [-0.2, -0.15) is 0 Å². The Morgan fingerprint density at radius 2 is 1.96 bits per heavy atom. The van der Waals surface area contributed by atoms with Crippen LogP contribution in [-0.4, -0.2) is 28.5 Å². The zero-order valence-electron chi connectivity index (χ0n) is 14.8. The summed E-state index contributed by atoms with van der Waals surface area (Å²) in [6.45, 7) is 2.69. The first kappa shape index (κ1) is 16.8. The van der Waals surface area contributed by atoms with E-state index in [0.717, 1.165) is 35.6 Å². The van der Waals surface area contributed by atoms with Crippen LogP contribution < -0.4 is 10.6 Å². The van der Waals surface area contributed by atoms with Crippen molar-refractivity contribution in [2.45, 2.75) is 25.9 Å². The molecule has 1 heterocycles. The molecule has 26 heavy (non-hydrogen) atoms. The first-order chi connectivity index (χ1) is 12.8. The van der Waals surface area contributed by atoms with Gasteiger partial charge in [0, 0.05) is 13.1 Å². The number of fused-ring (bicyclic) bond motifs is 1. The minimum atomic E-state index is 0.0525.